The Morgan fingerprint density at radius 3 is 2.67 bits per heavy atom. The van der Waals surface area contributed by atoms with Crippen molar-refractivity contribution in [3.8, 4) is 0 Å². The molecule has 0 bridgehead atoms. The van der Waals surface area contributed by atoms with Gasteiger partial charge in [0.1, 0.15) is 10.4 Å². The van der Waals surface area contributed by atoms with Crippen molar-refractivity contribution in [1.82, 2.24) is 10.3 Å². The lowest BCUT2D eigenvalue weighted by atomic mass is 10.2. The average molecular weight is 268 g/mol. The minimum absolute atomic E-state index is 0.313. The van der Waals surface area contributed by atoms with E-state index in [1.165, 1.54) is 11.3 Å². The van der Waals surface area contributed by atoms with E-state index in [-0.39, 0.29) is 5.91 Å². The smallest absolute Gasteiger partial charge is 0.329 e. The SMILES string of the molecule is CCCc1nc(C)c(C(=O)NC2(C(=O)O)CC2)s1. The number of carboxylic acid groups (broad SMARTS) is 1. The number of carbonyl (C=O) groups is 2. The van der Waals surface area contributed by atoms with Crippen molar-refractivity contribution >= 4 is 23.2 Å². The third-order valence-electron chi connectivity index (χ3n) is 3.02. The number of amides is 1. The highest BCUT2D eigenvalue weighted by molar-refractivity contribution is 7.13. The van der Waals surface area contributed by atoms with Gasteiger partial charge in [0.25, 0.3) is 5.91 Å². The van der Waals surface area contributed by atoms with E-state index in [0.29, 0.717) is 23.4 Å². The first-order chi connectivity index (χ1) is 8.48. The van der Waals surface area contributed by atoms with E-state index >= 15 is 0 Å². The number of nitrogens with zero attached hydrogens (tertiary/aromatic N) is 1. The molecule has 1 fully saturated rings. The summed E-state index contributed by atoms with van der Waals surface area (Å²) in [4.78, 5) is 27.9. The quantitative estimate of drug-likeness (QED) is 0.852. The number of thiazole rings is 1. The number of aryl methyl sites for hydroxylation is 2. The van der Waals surface area contributed by atoms with Gasteiger partial charge < -0.3 is 10.4 Å². The van der Waals surface area contributed by atoms with Crippen LogP contribution in [0.4, 0.5) is 0 Å². The van der Waals surface area contributed by atoms with Gasteiger partial charge in [-0.2, -0.15) is 0 Å². The fourth-order valence-electron chi connectivity index (χ4n) is 1.78. The van der Waals surface area contributed by atoms with Crippen LogP contribution in [0.15, 0.2) is 0 Å². The van der Waals surface area contributed by atoms with E-state index in [2.05, 4.69) is 17.2 Å². The molecule has 6 heteroatoms. The highest BCUT2D eigenvalue weighted by atomic mass is 32.1. The van der Waals surface area contributed by atoms with Gasteiger partial charge in [0, 0.05) is 0 Å². The van der Waals surface area contributed by atoms with Crippen LogP contribution in [0.1, 0.15) is 46.6 Å². The topological polar surface area (TPSA) is 79.3 Å². The van der Waals surface area contributed by atoms with Crippen LogP contribution in [0.5, 0.6) is 0 Å². The average Bonchev–Trinajstić information content (AvgIpc) is 2.98. The molecule has 2 N–H and O–H groups in total. The number of aliphatic carboxylic acids is 1. The largest absolute Gasteiger partial charge is 0.480 e. The Labute approximate surface area is 109 Å². The Hall–Kier alpha value is -1.43. The number of hydrogen-bond donors (Lipinski definition) is 2. The van der Waals surface area contributed by atoms with Crippen molar-refractivity contribution in [3.63, 3.8) is 0 Å². The maximum atomic E-state index is 12.0. The monoisotopic (exact) mass is 268 g/mol. The van der Waals surface area contributed by atoms with Crippen molar-refractivity contribution in [2.24, 2.45) is 0 Å². The number of carbonyl (C=O) groups excluding carboxylic acids is 1. The van der Waals surface area contributed by atoms with Crippen LogP contribution in [-0.4, -0.2) is 27.5 Å². The third kappa shape index (κ3) is 2.38. The van der Waals surface area contributed by atoms with Crippen LogP contribution in [-0.2, 0) is 11.2 Å². The van der Waals surface area contributed by atoms with Crippen LogP contribution >= 0.6 is 11.3 Å². The Kier molecular flexibility index (Phi) is 3.38. The van der Waals surface area contributed by atoms with Gasteiger partial charge in [-0.25, -0.2) is 9.78 Å². The molecule has 18 heavy (non-hydrogen) atoms. The molecule has 0 aliphatic heterocycles. The van der Waals surface area contributed by atoms with Gasteiger partial charge in [-0.3, -0.25) is 4.79 Å². The second-order valence-corrected chi connectivity index (χ2v) is 5.70. The van der Waals surface area contributed by atoms with Crippen LogP contribution in [0.25, 0.3) is 0 Å². The summed E-state index contributed by atoms with van der Waals surface area (Å²) >= 11 is 1.36. The molecule has 0 unspecified atom stereocenters. The zero-order chi connectivity index (χ0) is 13.3. The molecule has 5 nitrogen and oxygen atoms in total. The lowest BCUT2D eigenvalue weighted by Crippen LogP contribution is -2.42. The summed E-state index contributed by atoms with van der Waals surface area (Å²) in [5, 5.41) is 12.6. The van der Waals surface area contributed by atoms with E-state index in [1.807, 2.05) is 0 Å². The summed E-state index contributed by atoms with van der Waals surface area (Å²) < 4.78 is 0. The van der Waals surface area contributed by atoms with Gasteiger partial charge in [-0.15, -0.1) is 11.3 Å². The van der Waals surface area contributed by atoms with Gasteiger partial charge in [0.2, 0.25) is 0 Å². The van der Waals surface area contributed by atoms with E-state index in [1.54, 1.807) is 6.92 Å². The lowest BCUT2D eigenvalue weighted by Gasteiger charge is -2.11. The predicted molar refractivity (Wildman–Crippen MR) is 67.9 cm³/mol. The zero-order valence-electron chi connectivity index (χ0n) is 10.4. The molecule has 0 aromatic carbocycles. The molecule has 0 radical (unpaired) electrons. The fraction of sp³-hybridized carbons (Fsp3) is 0.583. The van der Waals surface area contributed by atoms with Gasteiger partial charge in [-0.05, 0) is 32.6 Å². The van der Waals surface area contributed by atoms with E-state index < -0.39 is 11.5 Å². The Morgan fingerprint density at radius 2 is 2.17 bits per heavy atom. The van der Waals surface area contributed by atoms with Crippen molar-refractivity contribution in [2.45, 2.75) is 45.1 Å². The van der Waals surface area contributed by atoms with Gasteiger partial charge >= 0.3 is 5.97 Å². The molecule has 2 rings (SSSR count). The van der Waals surface area contributed by atoms with Crippen molar-refractivity contribution in [2.75, 3.05) is 0 Å². The molecule has 1 aliphatic carbocycles. The second kappa shape index (κ2) is 4.68. The van der Waals surface area contributed by atoms with Crippen LogP contribution in [0, 0.1) is 6.92 Å². The summed E-state index contributed by atoms with van der Waals surface area (Å²) in [5.41, 5.74) is -0.347. The highest BCUT2D eigenvalue weighted by Crippen LogP contribution is 2.36. The Balaban J connectivity index is 2.12. The normalized spacial score (nSPS) is 16.3. The summed E-state index contributed by atoms with van der Waals surface area (Å²) in [5.74, 6) is -1.26. The van der Waals surface area contributed by atoms with Crippen molar-refractivity contribution in [3.05, 3.63) is 15.6 Å². The molecule has 1 heterocycles. The molecule has 0 spiro atoms. The number of nitrogens with one attached hydrogen (secondary N) is 1. The molecule has 1 aliphatic rings. The number of aromatic nitrogens is 1. The van der Waals surface area contributed by atoms with Gasteiger partial charge in [0.05, 0.1) is 10.7 Å². The minimum Gasteiger partial charge on any atom is -0.480 e. The maximum absolute atomic E-state index is 12.0. The van der Waals surface area contributed by atoms with Gasteiger partial charge in [0.15, 0.2) is 0 Å². The standard InChI is InChI=1S/C12H16N2O3S/c1-3-4-8-13-7(2)9(18-8)10(15)14-12(5-6-12)11(16)17/h3-6H2,1-2H3,(H,14,15)(H,16,17). The number of rotatable bonds is 5. The Morgan fingerprint density at radius 1 is 1.50 bits per heavy atom. The van der Waals surface area contributed by atoms with E-state index in [0.717, 1.165) is 17.8 Å². The lowest BCUT2D eigenvalue weighted by molar-refractivity contribution is -0.140. The summed E-state index contributed by atoms with van der Waals surface area (Å²) in [7, 11) is 0. The molecule has 1 saturated carbocycles. The first-order valence-corrected chi connectivity index (χ1v) is 6.82. The first kappa shape index (κ1) is 13.0. The molecule has 0 saturated heterocycles. The first-order valence-electron chi connectivity index (χ1n) is 6.01. The molecule has 1 amide bonds. The van der Waals surface area contributed by atoms with Crippen LogP contribution in [0.2, 0.25) is 0 Å². The van der Waals surface area contributed by atoms with Crippen molar-refractivity contribution in [1.29, 1.82) is 0 Å². The highest BCUT2D eigenvalue weighted by Gasteiger charge is 2.52. The third-order valence-corrected chi connectivity index (χ3v) is 4.24. The molecular weight excluding hydrogens is 252 g/mol. The maximum Gasteiger partial charge on any atom is 0.329 e. The molecular formula is C12H16N2O3S. The van der Waals surface area contributed by atoms with E-state index in [9.17, 15) is 9.59 Å². The molecule has 1 aromatic heterocycles. The molecule has 0 atom stereocenters. The number of hydrogen-bond acceptors (Lipinski definition) is 4. The Bertz CT molecular complexity index is 492. The van der Waals surface area contributed by atoms with Crippen LogP contribution < -0.4 is 5.32 Å². The fourth-order valence-corrected chi connectivity index (χ4v) is 2.84. The summed E-state index contributed by atoms with van der Waals surface area (Å²) in [6.07, 6.45) is 2.84. The van der Waals surface area contributed by atoms with E-state index in [4.69, 9.17) is 5.11 Å². The zero-order valence-corrected chi connectivity index (χ0v) is 11.3. The predicted octanol–water partition coefficient (Wildman–Crippen LogP) is 1.75. The number of carboxylic acids is 1. The van der Waals surface area contributed by atoms with Crippen LogP contribution in [0.3, 0.4) is 0 Å². The molecule has 1 aromatic rings. The minimum atomic E-state index is -1.03. The second-order valence-electron chi connectivity index (χ2n) is 4.61. The molecule has 98 valence electrons. The summed E-state index contributed by atoms with van der Waals surface area (Å²) in [6.45, 7) is 3.84. The van der Waals surface area contributed by atoms with Crippen molar-refractivity contribution < 1.29 is 14.7 Å². The summed E-state index contributed by atoms with van der Waals surface area (Å²) in [6, 6.07) is 0. The van der Waals surface area contributed by atoms with Gasteiger partial charge in [-0.1, -0.05) is 6.92 Å².